The fraction of sp³-hybridized carbons (Fsp3) is 0.333. The van der Waals surface area contributed by atoms with Crippen LogP contribution in [-0.4, -0.2) is 43.4 Å². The molecule has 1 heterocycles. The van der Waals surface area contributed by atoms with Crippen LogP contribution in [-0.2, 0) is 16.0 Å². The highest BCUT2D eigenvalue weighted by atomic mass is 16.3. The van der Waals surface area contributed by atoms with Gasteiger partial charge in [-0.2, -0.15) is 0 Å². The molecule has 0 saturated carbocycles. The number of primary amides is 1. The normalized spacial score (nSPS) is 30.7. The lowest BCUT2D eigenvalue weighted by Gasteiger charge is -2.45. The lowest BCUT2D eigenvalue weighted by atomic mass is 9.61. The third kappa shape index (κ3) is 1.93. The third-order valence-electron chi connectivity index (χ3n) is 5.55. The maximum Gasteiger partial charge on any atom is 0.255 e. The number of aromatic nitrogens is 1. The number of fused-ring (bicyclic) bond motifs is 3. The summed E-state index contributed by atoms with van der Waals surface area (Å²) < 4.78 is 0. The molecule has 3 aliphatic rings. The molecule has 8 heteroatoms. The Labute approximate surface area is 147 Å². The van der Waals surface area contributed by atoms with Gasteiger partial charge >= 0.3 is 0 Å². The highest BCUT2D eigenvalue weighted by molar-refractivity contribution is 6.24. The topological polar surface area (TPSA) is 151 Å². The van der Waals surface area contributed by atoms with Gasteiger partial charge in [-0.25, -0.2) is 0 Å². The van der Waals surface area contributed by atoms with Crippen LogP contribution in [0.2, 0.25) is 0 Å². The Morgan fingerprint density at radius 2 is 2.00 bits per heavy atom. The van der Waals surface area contributed by atoms with Gasteiger partial charge in [0.05, 0.1) is 5.69 Å². The summed E-state index contributed by atoms with van der Waals surface area (Å²) in [6.45, 7) is 0. The Morgan fingerprint density at radius 1 is 1.27 bits per heavy atom. The lowest BCUT2D eigenvalue weighted by molar-refractivity contribution is -0.144. The first-order valence-corrected chi connectivity index (χ1v) is 8.18. The zero-order valence-corrected chi connectivity index (χ0v) is 13.6. The predicted molar refractivity (Wildman–Crippen MR) is 86.9 cm³/mol. The fourth-order valence-corrected chi connectivity index (χ4v) is 4.32. The molecule has 26 heavy (non-hydrogen) atoms. The summed E-state index contributed by atoms with van der Waals surface area (Å²) >= 11 is 0. The van der Waals surface area contributed by atoms with Gasteiger partial charge in [-0.15, -0.1) is 0 Å². The van der Waals surface area contributed by atoms with Crippen molar-refractivity contribution in [1.82, 2.24) is 4.98 Å². The molecule has 8 nitrogen and oxygen atoms in total. The van der Waals surface area contributed by atoms with Gasteiger partial charge in [0.25, 0.3) is 5.91 Å². The van der Waals surface area contributed by atoms with Gasteiger partial charge in [0, 0.05) is 29.7 Å². The summed E-state index contributed by atoms with van der Waals surface area (Å²) in [6.07, 6.45) is 1.92. The van der Waals surface area contributed by atoms with Crippen LogP contribution >= 0.6 is 0 Å². The zero-order chi connectivity index (χ0) is 18.8. The standard InChI is InChI=1S/C18H16N2O6/c19-17(25)13-11(21)6-8-4-7-5-10-9(2-1-3-20-10)14(22)12(7)15(23)18(8,26)16(13)24/h1-3,7-8,21,23,26H,4-6H2,(H2,19,25)/t7?,8?,18-/m0/s1. The summed E-state index contributed by atoms with van der Waals surface area (Å²) in [5.74, 6) is -5.43. The van der Waals surface area contributed by atoms with E-state index < -0.39 is 52.0 Å². The van der Waals surface area contributed by atoms with E-state index in [1.54, 1.807) is 18.3 Å². The number of hydrogen-bond acceptors (Lipinski definition) is 7. The molecule has 0 bridgehead atoms. The van der Waals surface area contributed by atoms with E-state index in [1.807, 2.05) is 0 Å². The zero-order valence-electron chi connectivity index (χ0n) is 13.6. The number of aliphatic hydroxyl groups excluding tert-OH is 2. The van der Waals surface area contributed by atoms with Crippen molar-refractivity contribution in [3.05, 3.63) is 52.3 Å². The molecule has 2 unspecified atom stereocenters. The molecule has 1 amide bonds. The van der Waals surface area contributed by atoms with E-state index in [0.29, 0.717) is 17.7 Å². The van der Waals surface area contributed by atoms with Crippen LogP contribution in [0.1, 0.15) is 28.9 Å². The SMILES string of the molecule is NC(=O)C1=C(O)CC2CC3Cc4ncccc4C(=O)C3=C(O)[C@]2(O)C1=O. The van der Waals surface area contributed by atoms with Crippen LogP contribution in [0.25, 0.3) is 0 Å². The van der Waals surface area contributed by atoms with Crippen LogP contribution < -0.4 is 5.73 Å². The Morgan fingerprint density at radius 3 is 2.69 bits per heavy atom. The fourth-order valence-electron chi connectivity index (χ4n) is 4.32. The molecule has 0 spiro atoms. The second kappa shape index (κ2) is 5.25. The molecule has 3 atom stereocenters. The minimum atomic E-state index is -2.45. The van der Waals surface area contributed by atoms with E-state index in [1.165, 1.54) is 0 Å². The highest BCUT2D eigenvalue weighted by Gasteiger charge is 2.59. The molecule has 0 saturated heterocycles. The number of nitrogens with zero attached hydrogens (tertiary/aromatic N) is 1. The van der Waals surface area contributed by atoms with E-state index in [9.17, 15) is 29.7 Å². The first-order chi connectivity index (χ1) is 12.3. The first kappa shape index (κ1) is 16.5. The molecule has 0 radical (unpaired) electrons. The second-order valence-electron chi connectivity index (χ2n) is 6.91. The lowest BCUT2D eigenvalue weighted by Crippen LogP contribution is -2.57. The van der Waals surface area contributed by atoms with Crippen molar-refractivity contribution in [1.29, 1.82) is 0 Å². The van der Waals surface area contributed by atoms with Crippen molar-refractivity contribution in [2.24, 2.45) is 17.6 Å². The number of Topliss-reactive ketones (excluding diaryl/α,β-unsaturated/α-hetero) is 2. The van der Waals surface area contributed by atoms with E-state index in [4.69, 9.17) is 5.73 Å². The van der Waals surface area contributed by atoms with Crippen molar-refractivity contribution in [2.75, 3.05) is 0 Å². The number of carbonyl (C=O) groups excluding carboxylic acids is 3. The van der Waals surface area contributed by atoms with Crippen LogP contribution in [0.15, 0.2) is 41.0 Å². The summed E-state index contributed by atoms with van der Waals surface area (Å²) in [4.78, 5) is 41.2. The summed E-state index contributed by atoms with van der Waals surface area (Å²) in [6, 6.07) is 3.16. The molecule has 3 aliphatic carbocycles. The molecule has 1 aromatic rings. The first-order valence-electron chi connectivity index (χ1n) is 8.18. The number of amides is 1. The molecular weight excluding hydrogens is 340 g/mol. The van der Waals surface area contributed by atoms with Gasteiger partial charge in [0.2, 0.25) is 5.78 Å². The van der Waals surface area contributed by atoms with Crippen LogP contribution in [0, 0.1) is 11.8 Å². The smallest absolute Gasteiger partial charge is 0.255 e. The summed E-state index contributed by atoms with van der Waals surface area (Å²) in [7, 11) is 0. The van der Waals surface area contributed by atoms with E-state index >= 15 is 0 Å². The van der Waals surface area contributed by atoms with Gasteiger partial charge in [-0.1, -0.05) is 0 Å². The van der Waals surface area contributed by atoms with Crippen molar-refractivity contribution < 1.29 is 29.7 Å². The van der Waals surface area contributed by atoms with Crippen molar-refractivity contribution in [2.45, 2.75) is 24.9 Å². The summed E-state index contributed by atoms with van der Waals surface area (Å²) in [5, 5.41) is 31.7. The van der Waals surface area contributed by atoms with Crippen molar-refractivity contribution in [3.63, 3.8) is 0 Å². The predicted octanol–water partition coefficient (Wildman–Crippen LogP) is 0.270. The molecule has 1 aromatic heterocycles. The second-order valence-corrected chi connectivity index (χ2v) is 6.91. The van der Waals surface area contributed by atoms with Gasteiger partial charge in [-0.05, 0) is 30.9 Å². The molecule has 134 valence electrons. The number of carbonyl (C=O) groups is 3. The molecule has 0 aliphatic heterocycles. The Bertz CT molecular complexity index is 947. The van der Waals surface area contributed by atoms with Crippen molar-refractivity contribution in [3.8, 4) is 0 Å². The molecular formula is C18H16N2O6. The maximum atomic E-state index is 12.8. The minimum absolute atomic E-state index is 0.0391. The van der Waals surface area contributed by atoms with E-state index in [2.05, 4.69) is 4.98 Å². The Balaban J connectivity index is 1.90. The number of allylic oxidation sites excluding steroid dienone is 2. The van der Waals surface area contributed by atoms with Gasteiger partial charge in [0.15, 0.2) is 11.4 Å². The van der Waals surface area contributed by atoms with Crippen LogP contribution in [0.3, 0.4) is 0 Å². The number of aliphatic hydroxyl groups is 3. The number of ketones is 2. The molecule has 0 aromatic carbocycles. The monoisotopic (exact) mass is 356 g/mol. The minimum Gasteiger partial charge on any atom is -0.511 e. The van der Waals surface area contributed by atoms with Gasteiger partial charge in [-0.3, -0.25) is 19.4 Å². The maximum absolute atomic E-state index is 12.8. The van der Waals surface area contributed by atoms with Gasteiger partial charge in [0.1, 0.15) is 17.1 Å². The Hall–Kier alpha value is -3.00. The molecule has 5 N–H and O–H groups in total. The number of hydrogen-bond donors (Lipinski definition) is 4. The number of nitrogens with two attached hydrogens (primary N) is 1. The van der Waals surface area contributed by atoms with Crippen LogP contribution in [0.4, 0.5) is 0 Å². The van der Waals surface area contributed by atoms with Crippen LogP contribution in [0.5, 0.6) is 0 Å². The number of rotatable bonds is 1. The average molecular weight is 356 g/mol. The van der Waals surface area contributed by atoms with E-state index in [-0.39, 0.29) is 18.4 Å². The molecule has 0 fully saturated rings. The molecule has 4 rings (SSSR count). The Kier molecular flexibility index (Phi) is 3.32. The quantitative estimate of drug-likeness (QED) is 0.527. The van der Waals surface area contributed by atoms with E-state index in [0.717, 1.165) is 0 Å². The van der Waals surface area contributed by atoms with Crippen molar-refractivity contribution >= 4 is 17.5 Å². The van der Waals surface area contributed by atoms with Gasteiger partial charge < -0.3 is 21.1 Å². The largest absolute Gasteiger partial charge is 0.511 e. The number of pyridine rings is 1. The third-order valence-corrected chi connectivity index (χ3v) is 5.55. The average Bonchev–Trinajstić information content (AvgIpc) is 2.58. The summed E-state index contributed by atoms with van der Waals surface area (Å²) in [5.41, 5.74) is 2.81. The highest BCUT2D eigenvalue weighted by Crippen LogP contribution is 2.50.